The van der Waals surface area contributed by atoms with Crippen molar-refractivity contribution in [3.05, 3.63) is 42.1 Å². The van der Waals surface area contributed by atoms with Crippen molar-refractivity contribution in [3.63, 3.8) is 0 Å². The number of guanidine groups is 1. The monoisotopic (exact) mass is 215 g/mol. The number of rotatable bonds is 3. The molecule has 82 valence electrons. The van der Waals surface area contributed by atoms with Gasteiger partial charge >= 0.3 is 0 Å². The number of nitrogens with zero attached hydrogens (tertiary/aromatic N) is 2. The standard InChI is InChI=1S/C11H13N5/c12-11(13)14-7-8-1-3-9(4-2-8)10-5-6-15-16-10/h1-6H,7H2,(H,15,16)(H4,12,13,14). The Bertz CT molecular complexity index is 466. The SMILES string of the molecule is NC(N)=NCc1ccc(-c2ccn[nH]2)cc1. The topological polar surface area (TPSA) is 93.1 Å². The quantitative estimate of drug-likeness (QED) is 0.523. The molecule has 0 saturated carbocycles. The molecule has 0 aliphatic rings. The number of hydrogen-bond acceptors (Lipinski definition) is 2. The van der Waals surface area contributed by atoms with Gasteiger partial charge in [-0.1, -0.05) is 24.3 Å². The first-order valence-corrected chi connectivity index (χ1v) is 4.90. The molecule has 5 heteroatoms. The van der Waals surface area contributed by atoms with Crippen molar-refractivity contribution in [2.75, 3.05) is 0 Å². The van der Waals surface area contributed by atoms with Crippen LogP contribution in [0, 0.1) is 0 Å². The van der Waals surface area contributed by atoms with Gasteiger partial charge in [-0.25, -0.2) is 4.99 Å². The van der Waals surface area contributed by atoms with Crippen LogP contribution >= 0.6 is 0 Å². The van der Waals surface area contributed by atoms with E-state index in [-0.39, 0.29) is 5.96 Å². The summed E-state index contributed by atoms with van der Waals surface area (Å²) in [6.07, 6.45) is 1.72. The van der Waals surface area contributed by atoms with Gasteiger partial charge in [0, 0.05) is 6.20 Å². The highest BCUT2D eigenvalue weighted by Crippen LogP contribution is 2.16. The molecular formula is C11H13N5. The molecule has 5 nitrogen and oxygen atoms in total. The van der Waals surface area contributed by atoms with E-state index in [0.29, 0.717) is 6.54 Å². The van der Waals surface area contributed by atoms with Crippen LogP contribution in [0.15, 0.2) is 41.5 Å². The van der Waals surface area contributed by atoms with Gasteiger partial charge < -0.3 is 11.5 Å². The molecule has 0 aliphatic heterocycles. The zero-order valence-corrected chi connectivity index (χ0v) is 8.72. The number of nitrogens with two attached hydrogens (primary N) is 2. The zero-order chi connectivity index (χ0) is 11.4. The summed E-state index contributed by atoms with van der Waals surface area (Å²) in [6.45, 7) is 0.506. The van der Waals surface area contributed by atoms with E-state index < -0.39 is 0 Å². The molecule has 1 aromatic heterocycles. The molecule has 1 heterocycles. The highest BCUT2D eigenvalue weighted by Gasteiger charge is 1.98. The average molecular weight is 215 g/mol. The normalized spacial score (nSPS) is 10.0. The summed E-state index contributed by atoms with van der Waals surface area (Å²) in [4.78, 5) is 3.94. The van der Waals surface area contributed by atoms with Gasteiger partial charge in [0.15, 0.2) is 5.96 Å². The second-order valence-corrected chi connectivity index (χ2v) is 3.41. The summed E-state index contributed by atoms with van der Waals surface area (Å²) in [7, 11) is 0. The number of aliphatic imine (C=N–C) groups is 1. The summed E-state index contributed by atoms with van der Waals surface area (Å²) in [5.41, 5.74) is 13.7. The summed E-state index contributed by atoms with van der Waals surface area (Å²) >= 11 is 0. The molecule has 5 N–H and O–H groups in total. The van der Waals surface area contributed by atoms with Crippen LogP contribution in [0.1, 0.15) is 5.56 Å². The van der Waals surface area contributed by atoms with Crippen molar-refractivity contribution >= 4 is 5.96 Å². The second-order valence-electron chi connectivity index (χ2n) is 3.41. The first kappa shape index (κ1) is 10.2. The third kappa shape index (κ3) is 2.38. The van der Waals surface area contributed by atoms with Gasteiger partial charge in [0.1, 0.15) is 0 Å². The fourth-order valence-electron chi connectivity index (χ4n) is 1.39. The van der Waals surface area contributed by atoms with Crippen molar-refractivity contribution in [3.8, 4) is 11.3 Å². The maximum atomic E-state index is 5.26. The van der Waals surface area contributed by atoms with E-state index in [1.54, 1.807) is 6.20 Å². The minimum atomic E-state index is 0.109. The highest BCUT2D eigenvalue weighted by atomic mass is 15.1. The smallest absolute Gasteiger partial charge is 0.186 e. The van der Waals surface area contributed by atoms with Gasteiger partial charge in [-0.05, 0) is 17.2 Å². The minimum Gasteiger partial charge on any atom is -0.370 e. The van der Waals surface area contributed by atoms with Crippen molar-refractivity contribution in [2.45, 2.75) is 6.54 Å². The molecular weight excluding hydrogens is 202 g/mol. The van der Waals surface area contributed by atoms with Gasteiger partial charge in [-0.2, -0.15) is 5.10 Å². The second kappa shape index (κ2) is 4.48. The maximum absolute atomic E-state index is 5.26. The summed E-state index contributed by atoms with van der Waals surface area (Å²) in [6, 6.07) is 9.91. The van der Waals surface area contributed by atoms with Gasteiger partial charge in [0.25, 0.3) is 0 Å². The van der Waals surface area contributed by atoms with Gasteiger partial charge in [0.05, 0.1) is 12.2 Å². The van der Waals surface area contributed by atoms with Crippen LogP contribution in [0.4, 0.5) is 0 Å². The molecule has 16 heavy (non-hydrogen) atoms. The van der Waals surface area contributed by atoms with E-state index in [0.717, 1.165) is 16.8 Å². The Morgan fingerprint density at radius 3 is 2.50 bits per heavy atom. The van der Waals surface area contributed by atoms with E-state index in [9.17, 15) is 0 Å². The van der Waals surface area contributed by atoms with Crippen LogP contribution in [-0.4, -0.2) is 16.2 Å². The van der Waals surface area contributed by atoms with Crippen molar-refractivity contribution < 1.29 is 0 Å². The highest BCUT2D eigenvalue weighted by molar-refractivity contribution is 5.75. The Labute approximate surface area is 93.2 Å². The lowest BCUT2D eigenvalue weighted by atomic mass is 10.1. The molecule has 0 saturated heterocycles. The van der Waals surface area contributed by atoms with Gasteiger partial charge in [0.2, 0.25) is 0 Å². The Balaban J connectivity index is 2.14. The number of aromatic nitrogens is 2. The van der Waals surface area contributed by atoms with Crippen LogP contribution in [0.3, 0.4) is 0 Å². The lowest BCUT2D eigenvalue weighted by molar-refractivity contribution is 1.05. The molecule has 0 spiro atoms. The van der Waals surface area contributed by atoms with Crippen LogP contribution in [-0.2, 0) is 6.54 Å². The Morgan fingerprint density at radius 2 is 1.94 bits per heavy atom. The molecule has 0 bridgehead atoms. The maximum Gasteiger partial charge on any atom is 0.186 e. The third-order valence-corrected chi connectivity index (χ3v) is 2.21. The van der Waals surface area contributed by atoms with Crippen molar-refractivity contribution in [2.24, 2.45) is 16.5 Å². The lowest BCUT2D eigenvalue weighted by Crippen LogP contribution is -2.22. The Morgan fingerprint density at radius 1 is 1.19 bits per heavy atom. The molecule has 2 rings (SSSR count). The first-order valence-electron chi connectivity index (χ1n) is 4.90. The van der Waals surface area contributed by atoms with Crippen molar-refractivity contribution in [1.82, 2.24) is 10.2 Å². The average Bonchev–Trinajstić information content (AvgIpc) is 2.80. The molecule has 0 radical (unpaired) electrons. The van der Waals surface area contributed by atoms with E-state index in [1.807, 2.05) is 30.3 Å². The van der Waals surface area contributed by atoms with Gasteiger partial charge in [-0.3, -0.25) is 5.10 Å². The number of aromatic amines is 1. The number of benzene rings is 1. The predicted octanol–water partition coefficient (Wildman–Crippen LogP) is 0.850. The molecule has 0 fully saturated rings. The zero-order valence-electron chi connectivity index (χ0n) is 8.72. The van der Waals surface area contributed by atoms with Crippen LogP contribution in [0.2, 0.25) is 0 Å². The van der Waals surface area contributed by atoms with E-state index >= 15 is 0 Å². The molecule has 0 aliphatic carbocycles. The van der Waals surface area contributed by atoms with Crippen LogP contribution < -0.4 is 11.5 Å². The summed E-state index contributed by atoms with van der Waals surface area (Å²) in [5, 5.41) is 6.81. The predicted molar refractivity (Wildman–Crippen MR) is 63.5 cm³/mol. The third-order valence-electron chi connectivity index (χ3n) is 2.21. The van der Waals surface area contributed by atoms with E-state index in [1.165, 1.54) is 0 Å². The van der Waals surface area contributed by atoms with Crippen LogP contribution in [0.25, 0.3) is 11.3 Å². The molecule has 2 aromatic rings. The fourth-order valence-corrected chi connectivity index (χ4v) is 1.39. The Kier molecular flexibility index (Phi) is 2.86. The Hall–Kier alpha value is -2.30. The molecule has 0 unspecified atom stereocenters. The minimum absolute atomic E-state index is 0.109. The largest absolute Gasteiger partial charge is 0.370 e. The number of nitrogens with one attached hydrogen (secondary N) is 1. The van der Waals surface area contributed by atoms with Crippen molar-refractivity contribution in [1.29, 1.82) is 0 Å². The fraction of sp³-hybridized carbons (Fsp3) is 0.0909. The molecule has 0 amide bonds. The molecule has 0 atom stereocenters. The lowest BCUT2D eigenvalue weighted by Gasteiger charge is -2.00. The van der Waals surface area contributed by atoms with E-state index in [2.05, 4.69) is 15.2 Å². The number of H-pyrrole nitrogens is 1. The summed E-state index contributed by atoms with van der Waals surface area (Å²) in [5.74, 6) is 0.109. The van der Waals surface area contributed by atoms with E-state index in [4.69, 9.17) is 11.5 Å². The van der Waals surface area contributed by atoms with Crippen LogP contribution in [0.5, 0.6) is 0 Å². The number of hydrogen-bond donors (Lipinski definition) is 3. The summed E-state index contributed by atoms with van der Waals surface area (Å²) < 4.78 is 0. The van der Waals surface area contributed by atoms with Gasteiger partial charge in [-0.15, -0.1) is 0 Å². The first-order chi connectivity index (χ1) is 7.75. The molecule has 1 aromatic carbocycles.